The predicted molar refractivity (Wildman–Crippen MR) is 88.9 cm³/mol. The molecule has 20 heavy (non-hydrogen) atoms. The molecule has 2 rings (SSSR count). The number of nitrogens with zero attached hydrogens (tertiary/aromatic N) is 2. The topological polar surface area (TPSA) is 6.48 Å². The quantitative estimate of drug-likeness (QED) is 0.798. The molecule has 0 spiro atoms. The Morgan fingerprint density at radius 1 is 1.10 bits per heavy atom. The van der Waals surface area contributed by atoms with Gasteiger partial charge in [-0.3, -0.25) is 0 Å². The molecule has 1 aromatic rings. The zero-order valence-corrected chi connectivity index (χ0v) is 12.7. The van der Waals surface area contributed by atoms with Gasteiger partial charge in [-0.2, -0.15) is 0 Å². The maximum atomic E-state index is 2.36. The first-order valence-electron chi connectivity index (χ1n) is 7.34. The van der Waals surface area contributed by atoms with Crippen LogP contribution in [0.3, 0.4) is 0 Å². The fourth-order valence-electron chi connectivity index (χ4n) is 2.29. The van der Waals surface area contributed by atoms with Gasteiger partial charge in [0.2, 0.25) is 0 Å². The molecule has 0 unspecified atom stereocenters. The molecule has 106 valence electrons. The first-order valence-corrected chi connectivity index (χ1v) is 7.34. The zero-order valence-electron chi connectivity index (χ0n) is 12.7. The van der Waals surface area contributed by atoms with Crippen LogP contribution in [-0.4, -0.2) is 31.6 Å². The second kappa shape index (κ2) is 6.99. The Kier molecular flexibility index (Phi) is 5.05. The molecule has 1 aromatic carbocycles. The van der Waals surface area contributed by atoms with Crippen LogP contribution in [0.5, 0.6) is 0 Å². The van der Waals surface area contributed by atoms with Crippen LogP contribution in [0.2, 0.25) is 0 Å². The summed E-state index contributed by atoms with van der Waals surface area (Å²) in [6, 6.07) is 8.77. The van der Waals surface area contributed by atoms with Crippen molar-refractivity contribution in [2.45, 2.75) is 13.8 Å². The Morgan fingerprint density at radius 2 is 1.80 bits per heavy atom. The van der Waals surface area contributed by atoms with E-state index in [0.717, 1.165) is 19.6 Å². The van der Waals surface area contributed by atoms with E-state index in [9.17, 15) is 0 Å². The van der Waals surface area contributed by atoms with Crippen molar-refractivity contribution in [3.8, 4) is 0 Å². The maximum Gasteiger partial charge on any atom is 0.0366 e. The molecule has 0 bridgehead atoms. The van der Waals surface area contributed by atoms with Crippen molar-refractivity contribution in [2.75, 3.05) is 31.6 Å². The Balaban J connectivity index is 2.02. The largest absolute Gasteiger partial charge is 0.377 e. The van der Waals surface area contributed by atoms with Gasteiger partial charge in [-0.25, -0.2) is 0 Å². The van der Waals surface area contributed by atoms with E-state index >= 15 is 0 Å². The summed E-state index contributed by atoms with van der Waals surface area (Å²) in [5, 5.41) is 0. The number of benzene rings is 1. The molecule has 2 nitrogen and oxygen atoms in total. The lowest BCUT2D eigenvalue weighted by molar-refractivity contribution is 0.503. The van der Waals surface area contributed by atoms with E-state index in [0.29, 0.717) is 0 Å². The van der Waals surface area contributed by atoms with Crippen molar-refractivity contribution in [2.24, 2.45) is 0 Å². The van der Waals surface area contributed by atoms with E-state index in [4.69, 9.17) is 0 Å². The van der Waals surface area contributed by atoms with Crippen LogP contribution >= 0.6 is 0 Å². The van der Waals surface area contributed by atoms with Crippen molar-refractivity contribution in [1.29, 1.82) is 0 Å². The Morgan fingerprint density at radius 3 is 2.35 bits per heavy atom. The number of hydrogen-bond donors (Lipinski definition) is 0. The molecule has 1 aliphatic rings. The maximum absolute atomic E-state index is 2.36. The predicted octanol–water partition coefficient (Wildman–Crippen LogP) is 3.93. The lowest BCUT2D eigenvalue weighted by Crippen LogP contribution is -2.21. The Labute approximate surface area is 122 Å². The van der Waals surface area contributed by atoms with Gasteiger partial charge in [0, 0.05) is 32.4 Å². The third-order valence-electron chi connectivity index (χ3n) is 3.63. The highest BCUT2D eigenvalue weighted by Gasteiger charge is 2.00. The van der Waals surface area contributed by atoms with Gasteiger partial charge >= 0.3 is 0 Å². The van der Waals surface area contributed by atoms with E-state index in [1.54, 1.807) is 0 Å². The summed E-state index contributed by atoms with van der Waals surface area (Å²) in [6.07, 6.45) is 10.8. The average Bonchev–Trinajstić information content (AvgIpc) is 2.49. The molecule has 0 aliphatic carbocycles. The van der Waals surface area contributed by atoms with E-state index in [-0.39, 0.29) is 0 Å². The van der Waals surface area contributed by atoms with Gasteiger partial charge in [0.05, 0.1) is 0 Å². The van der Waals surface area contributed by atoms with Crippen molar-refractivity contribution in [3.63, 3.8) is 0 Å². The summed E-state index contributed by atoms with van der Waals surface area (Å²) in [7, 11) is 2.08. The standard InChI is InChI=1S/C18H24N2/c1-4-20(5-2)18-10-8-16(9-11-18)6-7-17-12-14-19(3)15-13-17/h6-14H,4-5,15H2,1-3H3. The third kappa shape index (κ3) is 3.77. The highest BCUT2D eigenvalue weighted by Crippen LogP contribution is 2.16. The molecule has 0 saturated heterocycles. The number of allylic oxidation sites excluding steroid dienone is 3. The minimum absolute atomic E-state index is 0.983. The monoisotopic (exact) mass is 268 g/mol. The highest BCUT2D eigenvalue weighted by molar-refractivity contribution is 5.59. The minimum atomic E-state index is 0.983. The molecule has 0 radical (unpaired) electrons. The van der Waals surface area contributed by atoms with Crippen LogP contribution in [0.1, 0.15) is 19.4 Å². The normalized spacial score (nSPS) is 14.8. The van der Waals surface area contributed by atoms with Crippen LogP contribution < -0.4 is 4.90 Å². The van der Waals surface area contributed by atoms with Crippen LogP contribution in [0.25, 0.3) is 6.08 Å². The Hall–Kier alpha value is -1.96. The van der Waals surface area contributed by atoms with Gasteiger partial charge in [0.15, 0.2) is 0 Å². The Bertz CT molecular complexity index is 505. The van der Waals surface area contributed by atoms with Gasteiger partial charge in [-0.05, 0) is 49.4 Å². The summed E-state index contributed by atoms with van der Waals surface area (Å²) >= 11 is 0. The smallest absolute Gasteiger partial charge is 0.0366 e. The molecule has 0 aromatic heterocycles. The zero-order chi connectivity index (χ0) is 14.4. The first-order chi connectivity index (χ1) is 9.72. The second-order valence-electron chi connectivity index (χ2n) is 5.06. The van der Waals surface area contributed by atoms with Crippen molar-refractivity contribution < 1.29 is 0 Å². The molecule has 0 fully saturated rings. The van der Waals surface area contributed by atoms with E-state index in [1.165, 1.54) is 16.8 Å². The van der Waals surface area contributed by atoms with Crippen LogP contribution in [0.15, 0.2) is 54.3 Å². The summed E-state index contributed by atoms with van der Waals surface area (Å²) in [5.41, 5.74) is 3.82. The number of anilines is 1. The molecule has 0 amide bonds. The van der Waals surface area contributed by atoms with Crippen LogP contribution in [0.4, 0.5) is 5.69 Å². The molecular weight excluding hydrogens is 244 g/mol. The lowest BCUT2D eigenvalue weighted by Gasteiger charge is -2.20. The summed E-state index contributed by atoms with van der Waals surface area (Å²) in [4.78, 5) is 4.52. The van der Waals surface area contributed by atoms with Gasteiger partial charge in [0.1, 0.15) is 0 Å². The molecule has 1 aliphatic heterocycles. The second-order valence-corrected chi connectivity index (χ2v) is 5.06. The number of likely N-dealkylation sites (N-methyl/N-ethyl adjacent to an activating group) is 1. The minimum Gasteiger partial charge on any atom is -0.377 e. The fraction of sp³-hybridized carbons (Fsp3) is 0.333. The highest BCUT2D eigenvalue weighted by atomic mass is 15.1. The van der Waals surface area contributed by atoms with E-state index < -0.39 is 0 Å². The average molecular weight is 268 g/mol. The van der Waals surface area contributed by atoms with Crippen molar-refractivity contribution in [3.05, 3.63) is 59.8 Å². The first kappa shape index (κ1) is 14.4. The molecule has 0 N–H and O–H groups in total. The van der Waals surface area contributed by atoms with Gasteiger partial charge in [0.25, 0.3) is 0 Å². The molecule has 0 atom stereocenters. The van der Waals surface area contributed by atoms with Crippen molar-refractivity contribution >= 4 is 11.8 Å². The summed E-state index contributed by atoms with van der Waals surface area (Å²) in [5.74, 6) is 0. The number of hydrogen-bond acceptors (Lipinski definition) is 2. The van der Waals surface area contributed by atoms with Crippen molar-refractivity contribution in [1.82, 2.24) is 4.90 Å². The van der Waals surface area contributed by atoms with E-state index in [2.05, 4.69) is 85.5 Å². The van der Waals surface area contributed by atoms with Gasteiger partial charge in [-0.15, -0.1) is 0 Å². The van der Waals surface area contributed by atoms with Crippen LogP contribution in [0, 0.1) is 0 Å². The lowest BCUT2D eigenvalue weighted by atomic mass is 10.1. The number of rotatable bonds is 5. The molecule has 1 heterocycles. The summed E-state index contributed by atoms with van der Waals surface area (Å²) in [6.45, 7) is 7.47. The van der Waals surface area contributed by atoms with Gasteiger partial charge < -0.3 is 9.80 Å². The SMILES string of the molecule is CCN(CC)c1ccc(C=CC2=CCN(C)C=C2)cc1. The molecule has 2 heteroatoms. The molecule has 0 saturated carbocycles. The van der Waals surface area contributed by atoms with Crippen LogP contribution in [-0.2, 0) is 0 Å². The summed E-state index contributed by atoms with van der Waals surface area (Å²) < 4.78 is 0. The fourth-order valence-corrected chi connectivity index (χ4v) is 2.29. The van der Waals surface area contributed by atoms with E-state index in [1.807, 2.05) is 0 Å². The van der Waals surface area contributed by atoms with Gasteiger partial charge in [-0.1, -0.05) is 30.4 Å². The molecular formula is C18H24N2. The third-order valence-corrected chi connectivity index (χ3v) is 3.63.